The average molecular weight is 465 g/mol. The smallest absolute Gasteiger partial charge is 0.250 e. The SMILES string of the molecule is Cn1c(SCC(=O)N/N=C/c2ccc(Br)cc2)nnc1-c1ccc(Cl)cc1. The van der Waals surface area contributed by atoms with E-state index in [1.807, 2.05) is 48.0 Å². The molecule has 0 atom stereocenters. The van der Waals surface area contributed by atoms with Crippen molar-refractivity contribution in [3.63, 3.8) is 0 Å². The normalized spacial score (nSPS) is 11.1. The number of halogens is 2. The first kappa shape index (κ1) is 19.6. The Kier molecular flexibility index (Phi) is 6.65. The van der Waals surface area contributed by atoms with Crippen LogP contribution in [0.1, 0.15) is 5.56 Å². The van der Waals surface area contributed by atoms with Crippen molar-refractivity contribution in [2.75, 3.05) is 5.75 Å². The largest absolute Gasteiger partial charge is 0.305 e. The summed E-state index contributed by atoms with van der Waals surface area (Å²) in [7, 11) is 1.86. The fraction of sp³-hybridized carbons (Fsp3) is 0.111. The molecular weight excluding hydrogens is 450 g/mol. The number of nitrogens with one attached hydrogen (secondary N) is 1. The third kappa shape index (κ3) is 5.41. The Balaban J connectivity index is 1.54. The van der Waals surface area contributed by atoms with E-state index in [1.54, 1.807) is 18.3 Å². The van der Waals surface area contributed by atoms with Crippen LogP contribution in [0, 0.1) is 0 Å². The first-order valence-electron chi connectivity index (χ1n) is 7.88. The average Bonchev–Trinajstić information content (AvgIpc) is 3.03. The molecule has 0 bridgehead atoms. The maximum absolute atomic E-state index is 12.0. The Morgan fingerprint density at radius 1 is 1.22 bits per heavy atom. The molecule has 0 saturated carbocycles. The van der Waals surface area contributed by atoms with Gasteiger partial charge in [-0.15, -0.1) is 10.2 Å². The molecule has 1 amide bonds. The van der Waals surface area contributed by atoms with Gasteiger partial charge in [0.25, 0.3) is 5.91 Å². The van der Waals surface area contributed by atoms with Crippen LogP contribution in [0.4, 0.5) is 0 Å². The number of hydrazone groups is 1. The van der Waals surface area contributed by atoms with Crippen LogP contribution in [0.15, 0.2) is 63.3 Å². The molecule has 1 aromatic heterocycles. The maximum atomic E-state index is 12.0. The van der Waals surface area contributed by atoms with Crippen molar-refractivity contribution in [2.45, 2.75) is 5.16 Å². The number of hydrogen-bond acceptors (Lipinski definition) is 5. The number of thioether (sulfide) groups is 1. The fourth-order valence-electron chi connectivity index (χ4n) is 2.18. The second kappa shape index (κ2) is 9.16. The van der Waals surface area contributed by atoms with Gasteiger partial charge in [0.15, 0.2) is 11.0 Å². The summed E-state index contributed by atoms with van der Waals surface area (Å²) in [5.41, 5.74) is 4.31. The minimum absolute atomic E-state index is 0.185. The highest BCUT2D eigenvalue weighted by molar-refractivity contribution is 9.10. The number of hydrogen-bond donors (Lipinski definition) is 1. The molecule has 6 nitrogen and oxygen atoms in total. The molecule has 3 rings (SSSR count). The molecule has 27 heavy (non-hydrogen) atoms. The quantitative estimate of drug-likeness (QED) is 0.338. The Hall–Kier alpha value is -2.16. The van der Waals surface area contributed by atoms with Crippen molar-refractivity contribution in [1.29, 1.82) is 0 Å². The van der Waals surface area contributed by atoms with Crippen LogP contribution < -0.4 is 5.43 Å². The van der Waals surface area contributed by atoms with Crippen molar-refractivity contribution >= 4 is 51.4 Å². The fourth-order valence-corrected chi connectivity index (χ4v) is 3.27. The zero-order valence-corrected chi connectivity index (χ0v) is 17.4. The predicted molar refractivity (Wildman–Crippen MR) is 112 cm³/mol. The van der Waals surface area contributed by atoms with E-state index in [9.17, 15) is 4.79 Å². The third-order valence-corrected chi connectivity index (χ3v) is 5.34. The minimum Gasteiger partial charge on any atom is -0.305 e. The van der Waals surface area contributed by atoms with Gasteiger partial charge in [0.1, 0.15) is 0 Å². The Morgan fingerprint density at radius 2 is 1.93 bits per heavy atom. The van der Waals surface area contributed by atoms with Gasteiger partial charge in [-0.3, -0.25) is 4.79 Å². The number of aromatic nitrogens is 3. The molecule has 0 aliphatic heterocycles. The summed E-state index contributed by atoms with van der Waals surface area (Å²) < 4.78 is 2.83. The first-order valence-corrected chi connectivity index (χ1v) is 10.0. The van der Waals surface area contributed by atoms with E-state index in [2.05, 4.69) is 36.7 Å². The van der Waals surface area contributed by atoms with Crippen LogP contribution in [-0.4, -0.2) is 32.6 Å². The van der Waals surface area contributed by atoms with E-state index < -0.39 is 0 Å². The lowest BCUT2D eigenvalue weighted by Gasteiger charge is -2.04. The number of nitrogens with zero attached hydrogens (tertiary/aromatic N) is 4. The Labute approximate surface area is 174 Å². The van der Waals surface area contributed by atoms with Crippen molar-refractivity contribution < 1.29 is 4.79 Å². The highest BCUT2D eigenvalue weighted by atomic mass is 79.9. The maximum Gasteiger partial charge on any atom is 0.250 e. The summed E-state index contributed by atoms with van der Waals surface area (Å²) in [5, 5.41) is 13.6. The summed E-state index contributed by atoms with van der Waals surface area (Å²) in [5.74, 6) is 0.678. The summed E-state index contributed by atoms with van der Waals surface area (Å²) in [6, 6.07) is 15.0. The van der Waals surface area contributed by atoms with E-state index in [-0.39, 0.29) is 11.7 Å². The van der Waals surface area contributed by atoms with Crippen LogP contribution in [0.25, 0.3) is 11.4 Å². The zero-order chi connectivity index (χ0) is 19.2. The second-order valence-electron chi connectivity index (χ2n) is 5.51. The molecule has 3 aromatic rings. The van der Waals surface area contributed by atoms with E-state index in [0.29, 0.717) is 16.0 Å². The summed E-state index contributed by atoms with van der Waals surface area (Å²) in [4.78, 5) is 12.0. The lowest BCUT2D eigenvalue weighted by Crippen LogP contribution is -2.19. The lowest BCUT2D eigenvalue weighted by molar-refractivity contribution is -0.118. The van der Waals surface area contributed by atoms with E-state index in [0.717, 1.165) is 15.6 Å². The van der Waals surface area contributed by atoms with Gasteiger partial charge in [-0.25, -0.2) is 5.43 Å². The molecule has 1 N–H and O–H groups in total. The van der Waals surface area contributed by atoms with Gasteiger partial charge in [-0.05, 0) is 42.0 Å². The number of rotatable bonds is 6. The van der Waals surface area contributed by atoms with Gasteiger partial charge >= 0.3 is 0 Å². The Morgan fingerprint density at radius 3 is 2.63 bits per heavy atom. The van der Waals surface area contributed by atoms with Crippen LogP contribution >= 0.6 is 39.3 Å². The molecule has 0 fully saturated rings. The molecular formula is C18H15BrClN5OS. The standard InChI is InChI=1S/C18H15BrClN5OS/c1-25-17(13-4-8-15(20)9-5-13)23-24-18(25)27-11-16(26)22-21-10-12-2-6-14(19)7-3-12/h2-10H,11H2,1H3,(H,22,26)/b21-10+. The van der Waals surface area contributed by atoms with E-state index in [1.165, 1.54) is 11.8 Å². The van der Waals surface area contributed by atoms with Crippen molar-refractivity contribution in [3.8, 4) is 11.4 Å². The van der Waals surface area contributed by atoms with Gasteiger partial charge in [0, 0.05) is 22.1 Å². The molecule has 0 radical (unpaired) electrons. The molecule has 1 heterocycles. The van der Waals surface area contributed by atoms with Crippen molar-refractivity contribution in [2.24, 2.45) is 12.1 Å². The van der Waals surface area contributed by atoms with Gasteiger partial charge in [-0.1, -0.05) is 51.4 Å². The van der Waals surface area contributed by atoms with Crippen molar-refractivity contribution in [1.82, 2.24) is 20.2 Å². The molecule has 0 saturated heterocycles. The molecule has 138 valence electrons. The zero-order valence-electron chi connectivity index (χ0n) is 14.3. The van der Waals surface area contributed by atoms with Crippen LogP contribution in [0.2, 0.25) is 5.02 Å². The highest BCUT2D eigenvalue weighted by Gasteiger charge is 2.12. The van der Waals surface area contributed by atoms with Crippen LogP contribution in [0.3, 0.4) is 0 Å². The minimum atomic E-state index is -0.218. The summed E-state index contributed by atoms with van der Waals surface area (Å²) in [6.07, 6.45) is 1.59. The molecule has 0 unspecified atom stereocenters. The predicted octanol–water partition coefficient (Wildman–Crippen LogP) is 4.14. The highest BCUT2D eigenvalue weighted by Crippen LogP contribution is 2.23. The summed E-state index contributed by atoms with van der Waals surface area (Å²) in [6.45, 7) is 0. The third-order valence-electron chi connectivity index (χ3n) is 3.54. The molecule has 0 aliphatic carbocycles. The number of benzene rings is 2. The number of carbonyl (C=O) groups is 1. The Bertz CT molecular complexity index is 957. The first-order chi connectivity index (χ1) is 13.0. The molecule has 0 aliphatic rings. The van der Waals surface area contributed by atoms with E-state index >= 15 is 0 Å². The van der Waals surface area contributed by atoms with Gasteiger partial charge in [0.2, 0.25) is 0 Å². The lowest BCUT2D eigenvalue weighted by atomic mass is 10.2. The van der Waals surface area contributed by atoms with Crippen molar-refractivity contribution in [3.05, 3.63) is 63.6 Å². The topological polar surface area (TPSA) is 72.2 Å². The summed E-state index contributed by atoms with van der Waals surface area (Å²) >= 11 is 10.6. The number of amides is 1. The van der Waals surface area contributed by atoms with Crippen LogP contribution in [-0.2, 0) is 11.8 Å². The molecule has 2 aromatic carbocycles. The van der Waals surface area contributed by atoms with Gasteiger partial charge in [0.05, 0.1) is 12.0 Å². The number of carbonyl (C=O) groups excluding carboxylic acids is 1. The van der Waals surface area contributed by atoms with Gasteiger partial charge < -0.3 is 4.57 Å². The monoisotopic (exact) mass is 463 g/mol. The molecule has 0 spiro atoms. The van der Waals surface area contributed by atoms with E-state index in [4.69, 9.17) is 11.6 Å². The second-order valence-corrected chi connectivity index (χ2v) is 7.80. The molecule has 9 heteroatoms. The van der Waals surface area contributed by atoms with Crippen LogP contribution in [0.5, 0.6) is 0 Å². The van der Waals surface area contributed by atoms with Gasteiger partial charge in [-0.2, -0.15) is 5.10 Å².